The lowest BCUT2D eigenvalue weighted by molar-refractivity contribution is -0.770. The highest BCUT2D eigenvalue weighted by Crippen LogP contribution is 1.73. The normalized spacial score (nSPS) is 9.00. The zero-order valence-electron chi connectivity index (χ0n) is 2.45. The average Bonchev–Trinajstić information content (AvgIpc) is 1.61. The van der Waals surface area contributed by atoms with Crippen molar-refractivity contribution in [2.75, 3.05) is 0 Å². The van der Waals surface area contributed by atoms with E-state index in [9.17, 15) is 0 Å². The van der Waals surface area contributed by atoms with E-state index >= 15 is 0 Å². The molecule has 2 radical (unpaired) electrons. The molecule has 0 saturated carbocycles. The molecule has 0 aromatic rings. The summed E-state index contributed by atoms with van der Waals surface area (Å²) in [6.07, 6.45) is 0. The first-order chi connectivity index (χ1) is 2.91. The lowest BCUT2D eigenvalue weighted by Gasteiger charge is -1.80. The summed E-state index contributed by atoms with van der Waals surface area (Å²) in [6.45, 7) is 0. The van der Waals surface area contributed by atoms with Gasteiger partial charge >= 0.3 is 0 Å². The minimum absolute atomic E-state index is 2.48. The molecule has 0 heterocycles. The van der Waals surface area contributed by atoms with E-state index in [1.165, 1.54) is 0 Å². The van der Waals surface area contributed by atoms with E-state index in [0.717, 1.165) is 0 Å². The molecular formula is O6. The highest BCUT2D eigenvalue weighted by Gasteiger charge is 1.80. The van der Waals surface area contributed by atoms with Gasteiger partial charge in [-0.1, -0.05) is 0 Å². The Hall–Kier alpha value is -0.240. The third-order valence-corrected chi connectivity index (χ3v) is 0.0833. The van der Waals surface area contributed by atoms with Crippen molar-refractivity contribution in [2.24, 2.45) is 0 Å². The zero-order chi connectivity index (χ0) is 4.83. The van der Waals surface area contributed by atoms with Crippen LogP contribution in [0, 0.1) is 0 Å². The summed E-state index contributed by atoms with van der Waals surface area (Å²) < 4.78 is 0. The standard InChI is InChI=1S/O6/c1-3-5-6-4-2. The van der Waals surface area contributed by atoms with Crippen LogP contribution in [0.5, 0.6) is 0 Å². The summed E-state index contributed by atoms with van der Waals surface area (Å²) in [5.41, 5.74) is 0. The van der Waals surface area contributed by atoms with Gasteiger partial charge in [-0.25, -0.2) is 0 Å². The summed E-state index contributed by atoms with van der Waals surface area (Å²) in [7, 11) is 0. The van der Waals surface area contributed by atoms with Crippen LogP contribution in [0.2, 0.25) is 0 Å². The van der Waals surface area contributed by atoms with E-state index in [2.05, 4.69) is 20.2 Å². The van der Waals surface area contributed by atoms with Gasteiger partial charge in [-0.15, -0.1) is 0 Å². The molecule has 0 fully saturated rings. The van der Waals surface area contributed by atoms with Crippen molar-refractivity contribution in [3.63, 3.8) is 0 Å². The maximum Gasteiger partial charge on any atom is 0 e. The van der Waals surface area contributed by atoms with Gasteiger partial charge in [-0.05, 0) is 0 Å². The number of rotatable bonds is 3. The van der Waals surface area contributed by atoms with E-state index in [0.29, 0.717) is 0 Å². The predicted octanol–water partition coefficient (Wildman–Crippen LogP) is -0.511. The van der Waals surface area contributed by atoms with Crippen molar-refractivity contribution in [1.29, 1.82) is 0 Å². The molecule has 36 valence electrons. The second-order valence-electron chi connectivity index (χ2n) is 0.272. The second kappa shape index (κ2) is 4.76. The van der Waals surface area contributed by atoms with Crippen molar-refractivity contribution in [3.8, 4) is 0 Å². The quantitative estimate of drug-likeness (QED) is 0.269. The topological polar surface area (TPSA) is 76.7 Å². The first-order valence-corrected chi connectivity index (χ1v) is 0.833. The molecule has 0 saturated heterocycles. The Morgan fingerprint density at radius 2 is 1.17 bits per heavy atom. The fourth-order valence-corrected chi connectivity index (χ4v) is 0.0227. The van der Waals surface area contributed by atoms with E-state index in [1.54, 1.807) is 0 Å². The van der Waals surface area contributed by atoms with Crippen LogP contribution in [0.4, 0.5) is 0 Å². The third-order valence-electron chi connectivity index (χ3n) is 0.0833. The van der Waals surface area contributed by atoms with Gasteiger partial charge in [0.15, 0.2) is 0 Å². The van der Waals surface area contributed by atoms with Crippen LogP contribution in [0.25, 0.3) is 0 Å². The molecule has 6 heteroatoms. The van der Waals surface area contributed by atoms with E-state index < -0.39 is 0 Å². The molecule has 0 aromatic carbocycles. The Balaban J connectivity index is 2.34. The fourth-order valence-electron chi connectivity index (χ4n) is 0.0227. The van der Waals surface area contributed by atoms with Crippen molar-refractivity contribution in [2.45, 2.75) is 0 Å². The van der Waals surface area contributed by atoms with Crippen molar-refractivity contribution < 1.29 is 30.7 Å². The number of hydrogen-bond donors (Lipinski definition) is 0. The van der Waals surface area contributed by atoms with E-state index in [-0.39, 0.29) is 0 Å². The molecule has 0 amide bonds. The Bertz CT molecular complexity index is 12.0. The number of hydrogen-bond acceptors (Lipinski definition) is 4. The van der Waals surface area contributed by atoms with Crippen LogP contribution in [0.1, 0.15) is 0 Å². The van der Waals surface area contributed by atoms with E-state index in [1.807, 2.05) is 0 Å². The third kappa shape index (κ3) is 3.76. The average molecular weight is 96.0 g/mol. The Morgan fingerprint density at radius 1 is 0.833 bits per heavy atom. The van der Waals surface area contributed by atoms with Crippen LogP contribution in [-0.2, 0) is 30.7 Å². The van der Waals surface area contributed by atoms with Gasteiger partial charge < -0.3 is 0 Å². The predicted molar refractivity (Wildman–Crippen MR) is 5.71 cm³/mol. The van der Waals surface area contributed by atoms with Crippen LogP contribution >= 0.6 is 0 Å². The minimum Gasteiger partial charge on any atom is 0 e. The largest absolute Gasteiger partial charge is 0 e. The van der Waals surface area contributed by atoms with Gasteiger partial charge in [0.05, 0.1) is 0 Å². The molecule has 0 rings (SSSR count). The maximum absolute atomic E-state index is 8.62. The first kappa shape index (κ1) is 5.76. The van der Waals surface area contributed by atoms with Crippen LogP contribution in [-0.4, -0.2) is 0 Å². The first-order valence-electron chi connectivity index (χ1n) is 0.833. The maximum atomic E-state index is 8.62. The lowest BCUT2D eigenvalue weighted by Crippen LogP contribution is -1.88. The molecule has 6 heavy (non-hydrogen) atoms. The highest BCUT2D eigenvalue weighted by atomic mass is 17.8. The molecule has 0 atom stereocenters. The SMILES string of the molecule is [O]OOOO[O]. The molecule has 0 aliphatic rings. The summed E-state index contributed by atoms with van der Waals surface area (Å²) in [4.78, 5) is 0. The van der Waals surface area contributed by atoms with Crippen LogP contribution in [0.15, 0.2) is 0 Å². The van der Waals surface area contributed by atoms with Crippen LogP contribution in [0.3, 0.4) is 0 Å². The molecule has 0 spiro atoms. The fraction of sp³-hybridized carbons (Fsp3) is 0. The summed E-state index contributed by atoms with van der Waals surface area (Å²) >= 11 is 0. The molecule has 0 aliphatic carbocycles. The molecule has 0 aliphatic heterocycles. The van der Waals surface area contributed by atoms with Gasteiger partial charge in [0, 0.05) is 30.7 Å². The van der Waals surface area contributed by atoms with Crippen molar-refractivity contribution >= 4 is 0 Å². The Kier molecular flexibility index (Phi) is 4.57. The smallest absolute Gasteiger partial charge is 0 e. The van der Waals surface area contributed by atoms with Gasteiger partial charge in [-0.3, -0.25) is 0 Å². The molecule has 0 unspecified atom stereocenters. The second-order valence-corrected chi connectivity index (χ2v) is 0.272. The van der Waals surface area contributed by atoms with Gasteiger partial charge in [0.25, 0.3) is 0 Å². The van der Waals surface area contributed by atoms with Gasteiger partial charge in [-0.2, -0.15) is 0 Å². The Labute approximate surface area is 32.1 Å². The molecule has 6 nitrogen and oxygen atoms in total. The molecular weight excluding hydrogens is 96.0 g/mol. The minimum atomic E-state index is 2.48. The summed E-state index contributed by atoms with van der Waals surface area (Å²) in [6, 6.07) is 0. The van der Waals surface area contributed by atoms with Crippen molar-refractivity contribution in [1.82, 2.24) is 0 Å². The lowest BCUT2D eigenvalue weighted by atomic mass is 14.2. The molecule has 0 N–H and O–H groups in total. The highest BCUT2D eigenvalue weighted by molar-refractivity contribution is 2.85. The summed E-state index contributed by atoms with van der Waals surface area (Å²) in [5.74, 6) is 0. The van der Waals surface area contributed by atoms with Crippen molar-refractivity contribution in [3.05, 3.63) is 0 Å². The zero-order valence-corrected chi connectivity index (χ0v) is 2.45. The molecule has 0 bridgehead atoms. The Morgan fingerprint density at radius 3 is 1.33 bits per heavy atom. The summed E-state index contributed by atoms with van der Waals surface area (Å²) in [5, 5.41) is 28.0. The molecule has 0 aromatic heterocycles. The monoisotopic (exact) mass is 96.0 g/mol. The van der Waals surface area contributed by atoms with Gasteiger partial charge in [0.1, 0.15) is 0 Å². The van der Waals surface area contributed by atoms with E-state index in [4.69, 9.17) is 10.5 Å². The van der Waals surface area contributed by atoms with Crippen LogP contribution < -0.4 is 0 Å². The van der Waals surface area contributed by atoms with Gasteiger partial charge in [0.2, 0.25) is 0 Å².